The van der Waals surface area contributed by atoms with E-state index in [1.165, 1.54) is 18.2 Å². The number of hydrogen-bond acceptors (Lipinski definition) is 4. The number of alkyl halides is 2. The number of carbonyl (C=O) groups is 2. The van der Waals surface area contributed by atoms with Crippen molar-refractivity contribution in [3.63, 3.8) is 0 Å². The minimum absolute atomic E-state index is 0.0198. The SMILES string of the molecule is O=C(CNc1ccc(OC(F)F)c(Cl)c1)Nc1ccccc1C(=O)Nc1ccccc1. The molecule has 6 nitrogen and oxygen atoms in total. The molecule has 3 rings (SSSR count). The van der Waals surface area contributed by atoms with Gasteiger partial charge in [-0.25, -0.2) is 0 Å². The van der Waals surface area contributed by atoms with Crippen molar-refractivity contribution in [2.24, 2.45) is 0 Å². The molecular formula is C22H18ClF2N3O3. The molecule has 160 valence electrons. The highest BCUT2D eigenvalue weighted by molar-refractivity contribution is 6.32. The number of carbonyl (C=O) groups excluding carboxylic acids is 2. The summed E-state index contributed by atoms with van der Waals surface area (Å²) in [5, 5.41) is 8.26. The Hall–Kier alpha value is -3.65. The molecule has 0 aromatic heterocycles. The van der Waals surface area contributed by atoms with Gasteiger partial charge >= 0.3 is 6.61 Å². The Morgan fingerprint density at radius 2 is 1.61 bits per heavy atom. The largest absolute Gasteiger partial charge is 0.433 e. The Labute approximate surface area is 182 Å². The van der Waals surface area contributed by atoms with Crippen molar-refractivity contribution in [3.05, 3.63) is 83.4 Å². The number of nitrogens with one attached hydrogen (secondary N) is 3. The van der Waals surface area contributed by atoms with E-state index in [4.69, 9.17) is 11.6 Å². The molecule has 3 aromatic rings. The molecule has 0 heterocycles. The lowest BCUT2D eigenvalue weighted by atomic mass is 10.1. The van der Waals surface area contributed by atoms with E-state index in [0.29, 0.717) is 22.6 Å². The molecule has 3 N–H and O–H groups in total. The number of rotatable bonds is 8. The van der Waals surface area contributed by atoms with E-state index in [1.54, 1.807) is 48.5 Å². The van der Waals surface area contributed by atoms with Gasteiger partial charge in [-0.3, -0.25) is 9.59 Å². The lowest BCUT2D eigenvalue weighted by molar-refractivity contribution is -0.114. The Morgan fingerprint density at radius 1 is 0.903 bits per heavy atom. The second-order valence-electron chi connectivity index (χ2n) is 6.29. The molecule has 0 radical (unpaired) electrons. The second kappa shape index (κ2) is 10.4. The number of halogens is 3. The Morgan fingerprint density at radius 3 is 2.32 bits per heavy atom. The third kappa shape index (κ3) is 6.42. The van der Waals surface area contributed by atoms with Crippen LogP contribution < -0.4 is 20.7 Å². The number of para-hydroxylation sites is 2. The maximum atomic E-state index is 12.6. The summed E-state index contributed by atoms with van der Waals surface area (Å²) in [4.78, 5) is 24.9. The van der Waals surface area contributed by atoms with Gasteiger partial charge in [0.05, 0.1) is 22.8 Å². The van der Waals surface area contributed by atoms with Crippen molar-refractivity contribution in [3.8, 4) is 5.75 Å². The maximum absolute atomic E-state index is 12.6. The first-order valence-corrected chi connectivity index (χ1v) is 9.53. The summed E-state index contributed by atoms with van der Waals surface area (Å²) in [5.41, 5.74) is 1.72. The van der Waals surface area contributed by atoms with Gasteiger partial charge in [0.1, 0.15) is 5.75 Å². The Balaban J connectivity index is 1.61. The van der Waals surface area contributed by atoms with Gasteiger partial charge in [-0.15, -0.1) is 0 Å². The molecule has 0 aliphatic heterocycles. The fraction of sp³-hybridized carbons (Fsp3) is 0.0909. The first-order chi connectivity index (χ1) is 14.9. The van der Waals surface area contributed by atoms with Crippen molar-refractivity contribution in [2.45, 2.75) is 6.61 Å². The summed E-state index contributed by atoms with van der Waals surface area (Å²) in [5.74, 6) is -0.939. The van der Waals surface area contributed by atoms with Crippen LogP contribution in [-0.2, 0) is 4.79 Å². The second-order valence-corrected chi connectivity index (χ2v) is 6.70. The highest BCUT2D eigenvalue weighted by Crippen LogP contribution is 2.28. The fourth-order valence-electron chi connectivity index (χ4n) is 2.69. The highest BCUT2D eigenvalue weighted by atomic mass is 35.5. The van der Waals surface area contributed by atoms with Crippen LogP contribution in [0.3, 0.4) is 0 Å². The smallest absolute Gasteiger partial charge is 0.387 e. The van der Waals surface area contributed by atoms with Crippen LogP contribution in [0.15, 0.2) is 72.8 Å². The molecule has 0 unspecified atom stereocenters. The molecule has 0 spiro atoms. The van der Waals surface area contributed by atoms with Crippen molar-refractivity contribution in [1.82, 2.24) is 0 Å². The van der Waals surface area contributed by atoms with E-state index in [0.717, 1.165) is 0 Å². The first-order valence-electron chi connectivity index (χ1n) is 9.16. The standard InChI is InChI=1S/C22H18ClF2N3O3/c23-17-12-15(10-11-19(17)31-22(24)25)26-13-20(29)28-18-9-5-4-8-16(18)21(30)27-14-6-2-1-3-7-14/h1-12,22,26H,13H2,(H,27,30)(H,28,29). The summed E-state index contributed by atoms with van der Waals surface area (Å²) in [6, 6.07) is 19.7. The van der Waals surface area contributed by atoms with Gasteiger partial charge in [0, 0.05) is 11.4 Å². The zero-order valence-corrected chi connectivity index (χ0v) is 16.8. The van der Waals surface area contributed by atoms with Gasteiger partial charge in [0.15, 0.2) is 0 Å². The minimum Gasteiger partial charge on any atom is -0.433 e. The van der Waals surface area contributed by atoms with E-state index in [-0.39, 0.29) is 23.2 Å². The molecular weight excluding hydrogens is 428 g/mol. The van der Waals surface area contributed by atoms with Crippen LogP contribution >= 0.6 is 11.6 Å². The lowest BCUT2D eigenvalue weighted by Gasteiger charge is -2.13. The zero-order chi connectivity index (χ0) is 22.2. The van der Waals surface area contributed by atoms with Gasteiger partial charge in [-0.05, 0) is 42.5 Å². The molecule has 2 amide bonds. The number of hydrogen-bond donors (Lipinski definition) is 3. The van der Waals surface area contributed by atoms with Crippen LogP contribution in [0.25, 0.3) is 0 Å². The third-order valence-corrected chi connectivity index (χ3v) is 4.37. The van der Waals surface area contributed by atoms with E-state index in [1.807, 2.05) is 6.07 Å². The van der Waals surface area contributed by atoms with Gasteiger partial charge in [-0.1, -0.05) is 41.9 Å². The molecule has 0 fully saturated rings. The number of ether oxygens (including phenoxy) is 1. The predicted octanol–water partition coefficient (Wildman–Crippen LogP) is 5.24. The monoisotopic (exact) mass is 445 g/mol. The number of amides is 2. The maximum Gasteiger partial charge on any atom is 0.387 e. The van der Waals surface area contributed by atoms with Gasteiger partial charge in [0.2, 0.25) is 5.91 Å². The first kappa shape index (κ1) is 22.0. The van der Waals surface area contributed by atoms with Crippen LogP contribution in [0.5, 0.6) is 5.75 Å². The molecule has 31 heavy (non-hydrogen) atoms. The van der Waals surface area contributed by atoms with Gasteiger partial charge in [0.25, 0.3) is 5.91 Å². The number of benzene rings is 3. The molecule has 0 saturated heterocycles. The lowest BCUT2D eigenvalue weighted by Crippen LogP contribution is -2.24. The third-order valence-electron chi connectivity index (χ3n) is 4.08. The normalized spacial score (nSPS) is 10.5. The van der Waals surface area contributed by atoms with E-state index in [2.05, 4.69) is 20.7 Å². The Kier molecular flexibility index (Phi) is 7.40. The van der Waals surface area contributed by atoms with Gasteiger partial charge < -0.3 is 20.7 Å². The molecule has 0 atom stereocenters. The van der Waals surface area contributed by atoms with Crippen molar-refractivity contribution >= 4 is 40.5 Å². The van der Waals surface area contributed by atoms with Crippen LogP contribution in [0.1, 0.15) is 10.4 Å². The average Bonchev–Trinajstić information content (AvgIpc) is 2.75. The number of anilines is 3. The van der Waals surface area contributed by atoms with Crippen molar-refractivity contribution < 1.29 is 23.1 Å². The zero-order valence-electron chi connectivity index (χ0n) is 16.1. The predicted molar refractivity (Wildman–Crippen MR) is 116 cm³/mol. The highest BCUT2D eigenvalue weighted by Gasteiger charge is 2.14. The van der Waals surface area contributed by atoms with Crippen LogP contribution in [0, 0.1) is 0 Å². The van der Waals surface area contributed by atoms with Gasteiger partial charge in [-0.2, -0.15) is 8.78 Å². The molecule has 3 aromatic carbocycles. The summed E-state index contributed by atoms with van der Waals surface area (Å²) in [6.45, 7) is -3.12. The summed E-state index contributed by atoms with van der Waals surface area (Å²) >= 11 is 5.90. The minimum atomic E-state index is -2.98. The van der Waals surface area contributed by atoms with Crippen LogP contribution in [0.4, 0.5) is 25.8 Å². The van der Waals surface area contributed by atoms with Crippen LogP contribution in [0.2, 0.25) is 5.02 Å². The van der Waals surface area contributed by atoms with Crippen molar-refractivity contribution in [1.29, 1.82) is 0 Å². The molecule has 0 aliphatic rings. The summed E-state index contributed by atoms with van der Waals surface area (Å²) in [6.07, 6.45) is 0. The summed E-state index contributed by atoms with van der Waals surface area (Å²) in [7, 11) is 0. The quantitative estimate of drug-likeness (QED) is 0.443. The van der Waals surface area contributed by atoms with E-state index < -0.39 is 12.5 Å². The molecule has 0 aliphatic carbocycles. The van der Waals surface area contributed by atoms with Crippen molar-refractivity contribution in [2.75, 3.05) is 22.5 Å². The molecule has 0 saturated carbocycles. The fourth-order valence-corrected chi connectivity index (χ4v) is 2.91. The summed E-state index contributed by atoms with van der Waals surface area (Å²) < 4.78 is 28.9. The molecule has 0 bridgehead atoms. The average molecular weight is 446 g/mol. The topological polar surface area (TPSA) is 79.5 Å². The van der Waals surface area contributed by atoms with Crippen LogP contribution in [-0.4, -0.2) is 25.0 Å². The Bertz CT molecular complexity index is 1060. The van der Waals surface area contributed by atoms with E-state index >= 15 is 0 Å². The van der Waals surface area contributed by atoms with E-state index in [9.17, 15) is 18.4 Å². The molecule has 9 heteroatoms.